The van der Waals surface area contributed by atoms with E-state index in [9.17, 15) is 21.6 Å². The maximum atomic E-state index is 12.2. The van der Waals surface area contributed by atoms with Gasteiger partial charge in [0.05, 0.1) is 9.79 Å². The number of aliphatic carboxylic acids is 1. The van der Waals surface area contributed by atoms with E-state index in [0.717, 1.165) is 12.1 Å². The van der Waals surface area contributed by atoms with E-state index in [0.29, 0.717) is 5.69 Å². The number of anilines is 2. The van der Waals surface area contributed by atoms with Crippen LogP contribution in [0.4, 0.5) is 11.4 Å². The Hall–Kier alpha value is -2.63. The first kappa shape index (κ1) is 18.7. The highest BCUT2D eigenvalue weighted by atomic mass is 32.2. The fraction of sp³-hybridized carbons (Fsp3) is 0.0714. The number of nitrogen functional groups attached to an aromatic ring is 1. The highest BCUT2D eigenvalue weighted by Crippen LogP contribution is 2.19. The molecule has 0 saturated carbocycles. The molecule has 25 heavy (non-hydrogen) atoms. The molecule has 0 aromatic heterocycles. The number of carboxylic acids is 1. The maximum Gasteiger partial charge on any atom is 0.318 e. The van der Waals surface area contributed by atoms with Gasteiger partial charge in [-0.3, -0.25) is 9.52 Å². The predicted octanol–water partition coefficient (Wildman–Crippen LogP) is 0.432. The second-order valence-corrected chi connectivity index (χ2v) is 8.37. The molecule has 0 radical (unpaired) electrons. The molecule has 0 aliphatic carbocycles. The van der Waals surface area contributed by atoms with Crippen LogP contribution in [0.3, 0.4) is 0 Å². The summed E-state index contributed by atoms with van der Waals surface area (Å²) < 4.78 is 52.4. The molecule has 0 bridgehead atoms. The molecule has 0 amide bonds. The molecule has 0 fully saturated rings. The monoisotopic (exact) mass is 385 g/mol. The summed E-state index contributed by atoms with van der Waals surface area (Å²) in [5.74, 6) is -1.32. The van der Waals surface area contributed by atoms with Crippen LogP contribution >= 0.6 is 0 Å². The highest BCUT2D eigenvalue weighted by molar-refractivity contribution is 7.92. The lowest BCUT2D eigenvalue weighted by molar-refractivity contribution is -0.135. The first-order chi connectivity index (χ1) is 11.6. The van der Waals surface area contributed by atoms with Crippen molar-refractivity contribution < 1.29 is 26.7 Å². The zero-order valence-corrected chi connectivity index (χ0v) is 14.3. The number of carboxylic acid groups (broad SMARTS) is 1. The summed E-state index contributed by atoms with van der Waals surface area (Å²) in [6, 6.07) is 10.4. The summed E-state index contributed by atoms with van der Waals surface area (Å²) in [6.07, 6.45) is 0. The quantitative estimate of drug-likeness (QED) is 0.504. The van der Waals surface area contributed by atoms with Crippen molar-refractivity contribution >= 4 is 37.4 Å². The number of benzene rings is 2. The zero-order valence-electron chi connectivity index (χ0n) is 12.7. The Kier molecular flexibility index (Phi) is 5.30. The molecule has 11 heteroatoms. The van der Waals surface area contributed by atoms with Crippen LogP contribution < -0.4 is 15.2 Å². The molecule has 134 valence electrons. The fourth-order valence-corrected chi connectivity index (χ4v) is 3.84. The molecular formula is C14H15N3O6S2. The topological polar surface area (TPSA) is 156 Å². The molecule has 0 heterocycles. The van der Waals surface area contributed by atoms with Crippen LogP contribution in [0, 0.1) is 0 Å². The average molecular weight is 385 g/mol. The van der Waals surface area contributed by atoms with Gasteiger partial charge in [-0.1, -0.05) is 0 Å². The third-order valence-corrected chi connectivity index (χ3v) is 5.83. The SMILES string of the molecule is Nc1ccc(S(=O)(=O)Nc2ccc(S(=O)(=O)NCC(=O)O)cc2)cc1. The molecule has 0 saturated heterocycles. The van der Waals surface area contributed by atoms with Gasteiger partial charge in [0.2, 0.25) is 10.0 Å². The number of hydrogen-bond acceptors (Lipinski definition) is 6. The lowest BCUT2D eigenvalue weighted by Gasteiger charge is -2.09. The van der Waals surface area contributed by atoms with Gasteiger partial charge in [-0.2, -0.15) is 4.72 Å². The normalized spacial score (nSPS) is 11.8. The van der Waals surface area contributed by atoms with Gasteiger partial charge < -0.3 is 10.8 Å². The van der Waals surface area contributed by atoms with E-state index in [1.165, 1.54) is 36.4 Å². The Morgan fingerprint density at radius 1 is 0.880 bits per heavy atom. The van der Waals surface area contributed by atoms with Gasteiger partial charge in [-0.15, -0.1) is 0 Å². The van der Waals surface area contributed by atoms with Crippen LogP contribution in [0.25, 0.3) is 0 Å². The molecule has 0 aliphatic rings. The van der Waals surface area contributed by atoms with Crippen LogP contribution in [0.2, 0.25) is 0 Å². The molecule has 5 N–H and O–H groups in total. The van der Waals surface area contributed by atoms with E-state index in [1.54, 1.807) is 0 Å². The smallest absolute Gasteiger partial charge is 0.318 e. The third kappa shape index (κ3) is 4.92. The van der Waals surface area contributed by atoms with E-state index in [4.69, 9.17) is 10.8 Å². The molecule has 0 atom stereocenters. The minimum absolute atomic E-state index is 0.00141. The largest absolute Gasteiger partial charge is 0.480 e. The van der Waals surface area contributed by atoms with Gasteiger partial charge in [0, 0.05) is 11.4 Å². The van der Waals surface area contributed by atoms with Crippen LogP contribution in [-0.2, 0) is 24.8 Å². The predicted molar refractivity (Wildman–Crippen MR) is 90.9 cm³/mol. The Bertz CT molecular complexity index is 968. The van der Waals surface area contributed by atoms with Gasteiger partial charge >= 0.3 is 5.97 Å². The number of carbonyl (C=O) groups is 1. The minimum Gasteiger partial charge on any atom is -0.480 e. The van der Waals surface area contributed by atoms with Gasteiger partial charge in [-0.25, -0.2) is 16.8 Å². The van der Waals surface area contributed by atoms with Crippen LogP contribution in [0.15, 0.2) is 58.3 Å². The van der Waals surface area contributed by atoms with Crippen molar-refractivity contribution in [3.8, 4) is 0 Å². The Morgan fingerprint density at radius 2 is 1.36 bits per heavy atom. The van der Waals surface area contributed by atoms with Crippen molar-refractivity contribution in [2.75, 3.05) is 17.0 Å². The van der Waals surface area contributed by atoms with Gasteiger partial charge in [0.1, 0.15) is 6.54 Å². The summed E-state index contributed by atoms with van der Waals surface area (Å²) in [6.45, 7) is -0.756. The molecular weight excluding hydrogens is 370 g/mol. The van der Waals surface area contributed by atoms with E-state index in [1.807, 2.05) is 4.72 Å². The molecule has 0 unspecified atom stereocenters. The number of nitrogens with one attached hydrogen (secondary N) is 2. The first-order valence-electron chi connectivity index (χ1n) is 6.80. The minimum atomic E-state index is -3.99. The molecule has 9 nitrogen and oxygen atoms in total. The number of sulfonamides is 2. The van der Waals surface area contributed by atoms with Crippen molar-refractivity contribution in [1.82, 2.24) is 4.72 Å². The second kappa shape index (κ2) is 7.09. The highest BCUT2D eigenvalue weighted by Gasteiger charge is 2.17. The standard InChI is InChI=1S/C14H15N3O6S2/c15-10-1-5-13(6-2-10)25(22,23)17-11-3-7-12(8-4-11)24(20,21)16-9-14(18)19/h1-8,16-17H,9,15H2,(H,18,19). The van der Waals surface area contributed by atoms with Crippen molar-refractivity contribution in [1.29, 1.82) is 0 Å². The van der Waals surface area contributed by atoms with E-state index >= 15 is 0 Å². The van der Waals surface area contributed by atoms with Crippen LogP contribution in [0.1, 0.15) is 0 Å². The van der Waals surface area contributed by atoms with Crippen LogP contribution in [0.5, 0.6) is 0 Å². The van der Waals surface area contributed by atoms with Crippen LogP contribution in [-0.4, -0.2) is 34.5 Å². The zero-order chi connectivity index (χ0) is 18.7. The molecule has 2 aromatic carbocycles. The summed E-state index contributed by atoms with van der Waals surface area (Å²) in [5.41, 5.74) is 6.07. The average Bonchev–Trinajstić information content (AvgIpc) is 2.53. The molecule has 0 aliphatic heterocycles. The Labute approximate surface area is 144 Å². The number of rotatable bonds is 7. The van der Waals surface area contributed by atoms with Gasteiger partial charge in [0.15, 0.2) is 0 Å². The number of nitrogens with two attached hydrogens (primary N) is 1. The lowest BCUT2D eigenvalue weighted by atomic mass is 10.3. The van der Waals surface area contributed by atoms with Crippen molar-refractivity contribution in [2.45, 2.75) is 9.79 Å². The molecule has 2 rings (SSSR count). The molecule has 0 spiro atoms. The first-order valence-corrected chi connectivity index (χ1v) is 9.77. The molecule has 2 aromatic rings. The Balaban J connectivity index is 2.17. The van der Waals surface area contributed by atoms with Gasteiger partial charge in [0.25, 0.3) is 10.0 Å². The fourth-order valence-electron chi connectivity index (χ4n) is 1.80. The summed E-state index contributed by atoms with van der Waals surface area (Å²) in [5, 5.41) is 8.51. The van der Waals surface area contributed by atoms with Crippen molar-refractivity contribution in [3.63, 3.8) is 0 Å². The van der Waals surface area contributed by atoms with E-state index < -0.39 is 32.6 Å². The van der Waals surface area contributed by atoms with Crippen molar-refractivity contribution in [2.24, 2.45) is 0 Å². The number of hydrogen-bond donors (Lipinski definition) is 4. The van der Waals surface area contributed by atoms with E-state index in [2.05, 4.69) is 4.72 Å². The third-order valence-electron chi connectivity index (χ3n) is 3.02. The summed E-state index contributed by atoms with van der Waals surface area (Å²) in [7, 11) is -7.84. The Morgan fingerprint density at radius 3 is 1.88 bits per heavy atom. The van der Waals surface area contributed by atoms with E-state index in [-0.39, 0.29) is 15.5 Å². The van der Waals surface area contributed by atoms with Crippen molar-refractivity contribution in [3.05, 3.63) is 48.5 Å². The van der Waals surface area contributed by atoms with Gasteiger partial charge in [-0.05, 0) is 48.5 Å². The maximum absolute atomic E-state index is 12.2. The lowest BCUT2D eigenvalue weighted by Crippen LogP contribution is -2.29. The second-order valence-electron chi connectivity index (χ2n) is 4.92. The summed E-state index contributed by atoms with van der Waals surface area (Å²) in [4.78, 5) is 10.2. The summed E-state index contributed by atoms with van der Waals surface area (Å²) >= 11 is 0.